The Morgan fingerprint density at radius 2 is 1.85 bits per heavy atom. The molecule has 0 unspecified atom stereocenters. The Morgan fingerprint density at radius 3 is 2.67 bits per heavy atom. The van der Waals surface area contributed by atoms with Crippen molar-refractivity contribution >= 4 is 17.3 Å². The highest BCUT2D eigenvalue weighted by molar-refractivity contribution is 6.04. The van der Waals surface area contributed by atoms with Gasteiger partial charge in [-0.05, 0) is 42.7 Å². The second-order valence-electron chi connectivity index (χ2n) is 6.12. The van der Waals surface area contributed by atoms with E-state index in [-0.39, 0.29) is 5.91 Å². The standard InChI is InChI=1S/C22H20N4O/c23-14-18-8-4-10-20(12-18)26-22(27)19-13-21(16-24-15-19)25-11-5-9-17-6-2-1-3-7-17/h1-4,6-8,10,12-13,15-16,25H,5,9,11H2,(H,26,27). The number of rotatable bonds is 7. The van der Waals surface area contributed by atoms with Gasteiger partial charge in [-0.15, -0.1) is 0 Å². The first-order chi connectivity index (χ1) is 13.2. The number of nitriles is 1. The SMILES string of the molecule is N#Cc1cccc(NC(=O)c2cncc(NCCCc3ccccc3)c2)c1. The van der Waals surface area contributed by atoms with E-state index in [4.69, 9.17) is 5.26 Å². The van der Waals surface area contributed by atoms with Crippen LogP contribution in [0, 0.1) is 11.3 Å². The number of nitrogens with zero attached hydrogens (tertiary/aromatic N) is 2. The van der Waals surface area contributed by atoms with Gasteiger partial charge in [-0.2, -0.15) is 5.26 Å². The number of aryl methyl sites for hydroxylation is 1. The monoisotopic (exact) mass is 356 g/mol. The van der Waals surface area contributed by atoms with Gasteiger partial charge >= 0.3 is 0 Å². The van der Waals surface area contributed by atoms with Gasteiger partial charge in [-0.1, -0.05) is 36.4 Å². The van der Waals surface area contributed by atoms with Crippen molar-refractivity contribution in [3.8, 4) is 6.07 Å². The fourth-order valence-corrected chi connectivity index (χ4v) is 2.70. The summed E-state index contributed by atoms with van der Waals surface area (Å²) in [4.78, 5) is 16.6. The lowest BCUT2D eigenvalue weighted by atomic mass is 10.1. The lowest BCUT2D eigenvalue weighted by Gasteiger charge is -2.09. The van der Waals surface area contributed by atoms with E-state index in [0.29, 0.717) is 16.8 Å². The van der Waals surface area contributed by atoms with E-state index in [1.165, 1.54) is 11.8 Å². The summed E-state index contributed by atoms with van der Waals surface area (Å²) in [6.07, 6.45) is 5.21. The molecule has 27 heavy (non-hydrogen) atoms. The minimum atomic E-state index is -0.259. The van der Waals surface area contributed by atoms with E-state index in [2.05, 4.69) is 33.8 Å². The summed E-state index contributed by atoms with van der Waals surface area (Å²) in [5, 5.41) is 15.0. The van der Waals surface area contributed by atoms with E-state index in [1.807, 2.05) is 18.2 Å². The third-order valence-corrected chi connectivity index (χ3v) is 4.06. The normalized spacial score (nSPS) is 10.0. The van der Waals surface area contributed by atoms with Crippen LogP contribution in [0.5, 0.6) is 0 Å². The Bertz CT molecular complexity index is 948. The minimum absolute atomic E-state index is 0.259. The first kappa shape index (κ1) is 18.2. The molecule has 3 aromatic rings. The zero-order valence-corrected chi connectivity index (χ0v) is 14.9. The van der Waals surface area contributed by atoms with Gasteiger partial charge in [-0.3, -0.25) is 9.78 Å². The van der Waals surface area contributed by atoms with Gasteiger partial charge in [0.25, 0.3) is 5.91 Å². The quantitative estimate of drug-likeness (QED) is 0.620. The number of hydrogen-bond donors (Lipinski definition) is 2. The lowest BCUT2D eigenvalue weighted by molar-refractivity contribution is 0.102. The molecule has 5 heteroatoms. The Kier molecular flexibility index (Phi) is 6.16. The van der Waals surface area contributed by atoms with Crippen molar-refractivity contribution in [3.63, 3.8) is 0 Å². The number of carbonyl (C=O) groups excluding carboxylic acids is 1. The van der Waals surface area contributed by atoms with Gasteiger partial charge in [0.15, 0.2) is 0 Å². The van der Waals surface area contributed by atoms with Crippen LogP contribution in [0.2, 0.25) is 0 Å². The molecular formula is C22H20N4O. The molecule has 0 fully saturated rings. The Morgan fingerprint density at radius 1 is 1.00 bits per heavy atom. The van der Waals surface area contributed by atoms with E-state index in [9.17, 15) is 4.79 Å². The fraction of sp³-hybridized carbons (Fsp3) is 0.136. The molecule has 2 N–H and O–H groups in total. The maximum absolute atomic E-state index is 12.4. The number of amides is 1. The van der Waals surface area contributed by atoms with Gasteiger partial charge in [-0.25, -0.2) is 0 Å². The molecule has 0 aliphatic carbocycles. The molecule has 0 atom stereocenters. The number of nitrogens with one attached hydrogen (secondary N) is 2. The average molecular weight is 356 g/mol. The van der Waals surface area contributed by atoms with Crippen LogP contribution < -0.4 is 10.6 Å². The van der Waals surface area contributed by atoms with Gasteiger partial charge in [0.1, 0.15) is 0 Å². The summed E-state index contributed by atoms with van der Waals surface area (Å²) in [6, 6.07) is 21.0. The highest BCUT2D eigenvalue weighted by atomic mass is 16.1. The number of benzene rings is 2. The summed E-state index contributed by atoms with van der Waals surface area (Å²) < 4.78 is 0. The zero-order valence-electron chi connectivity index (χ0n) is 14.9. The van der Waals surface area contributed by atoms with Crippen molar-refractivity contribution in [1.29, 1.82) is 5.26 Å². The Hall–Kier alpha value is -3.65. The van der Waals surface area contributed by atoms with E-state index >= 15 is 0 Å². The molecule has 3 rings (SSSR count). The van der Waals surface area contributed by atoms with Crippen molar-refractivity contribution < 1.29 is 4.79 Å². The van der Waals surface area contributed by atoms with Crippen LogP contribution >= 0.6 is 0 Å². The fourth-order valence-electron chi connectivity index (χ4n) is 2.70. The summed E-state index contributed by atoms with van der Waals surface area (Å²) in [5.74, 6) is -0.259. The van der Waals surface area contributed by atoms with Crippen molar-refractivity contribution in [2.45, 2.75) is 12.8 Å². The van der Waals surface area contributed by atoms with Crippen LogP contribution in [-0.4, -0.2) is 17.4 Å². The van der Waals surface area contributed by atoms with Crippen molar-refractivity contribution in [1.82, 2.24) is 4.98 Å². The number of carbonyl (C=O) groups is 1. The molecule has 0 aliphatic rings. The highest BCUT2D eigenvalue weighted by Gasteiger charge is 2.08. The molecule has 1 aromatic heterocycles. The maximum Gasteiger partial charge on any atom is 0.257 e. The average Bonchev–Trinajstić information content (AvgIpc) is 2.72. The first-order valence-electron chi connectivity index (χ1n) is 8.79. The molecule has 0 bridgehead atoms. The molecule has 0 spiro atoms. The third-order valence-electron chi connectivity index (χ3n) is 4.06. The summed E-state index contributed by atoms with van der Waals surface area (Å²) in [7, 11) is 0. The van der Waals surface area contributed by atoms with Crippen LogP contribution in [-0.2, 0) is 6.42 Å². The predicted molar refractivity (Wildman–Crippen MR) is 107 cm³/mol. The number of anilines is 2. The van der Waals surface area contributed by atoms with Gasteiger partial charge < -0.3 is 10.6 Å². The Balaban J connectivity index is 1.54. The maximum atomic E-state index is 12.4. The third kappa shape index (κ3) is 5.41. The van der Waals surface area contributed by atoms with Crippen LogP contribution in [0.3, 0.4) is 0 Å². The molecule has 1 amide bonds. The van der Waals surface area contributed by atoms with Crippen LogP contribution in [0.15, 0.2) is 73.1 Å². The second kappa shape index (κ2) is 9.16. The van der Waals surface area contributed by atoms with Gasteiger partial charge in [0.05, 0.1) is 22.9 Å². The van der Waals surface area contributed by atoms with Crippen LogP contribution in [0.4, 0.5) is 11.4 Å². The summed E-state index contributed by atoms with van der Waals surface area (Å²) >= 11 is 0. The number of pyridine rings is 1. The smallest absolute Gasteiger partial charge is 0.257 e. The molecule has 1 heterocycles. The van der Waals surface area contributed by atoms with Crippen molar-refractivity contribution in [3.05, 3.63) is 89.7 Å². The molecule has 0 radical (unpaired) electrons. The molecule has 0 saturated heterocycles. The summed E-state index contributed by atoms with van der Waals surface area (Å²) in [5.41, 5.74) is 3.66. The lowest BCUT2D eigenvalue weighted by Crippen LogP contribution is -2.13. The van der Waals surface area contributed by atoms with Crippen molar-refractivity contribution in [2.75, 3.05) is 17.2 Å². The van der Waals surface area contributed by atoms with Crippen LogP contribution in [0.25, 0.3) is 0 Å². The number of aromatic nitrogens is 1. The largest absolute Gasteiger partial charge is 0.384 e. The molecular weight excluding hydrogens is 336 g/mol. The Labute approximate surface area is 158 Å². The second-order valence-corrected chi connectivity index (χ2v) is 6.12. The predicted octanol–water partition coefficient (Wildman–Crippen LogP) is 4.25. The van der Waals surface area contributed by atoms with Crippen molar-refractivity contribution in [2.24, 2.45) is 0 Å². The minimum Gasteiger partial charge on any atom is -0.384 e. The molecule has 5 nitrogen and oxygen atoms in total. The topological polar surface area (TPSA) is 77.8 Å². The van der Waals surface area contributed by atoms with Gasteiger partial charge in [0, 0.05) is 24.6 Å². The zero-order chi connectivity index (χ0) is 18.9. The molecule has 2 aromatic carbocycles. The first-order valence-corrected chi connectivity index (χ1v) is 8.79. The highest BCUT2D eigenvalue weighted by Crippen LogP contribution is 2.14. The number of hydrogen-bond acceptors (Lipinski definition) is 4. The summed E-state index contributed by atoms with van der Waals surface area (Å²) in [6.45, 7) is 0.797. The molecule has 0 aliphatic heterocycles. The molecule has 134 valence electrons. The van der Waals surface area contributed by atoms with Gasteiger partial charge in [0.2, 0.25) is 0 Å². The van der Waals surface area contributed by atoms with E-state index in [0.717, 1.165) is 25.1 Å². The van der Waals surface area contributed by atoms with Crippen LogP contribution in [0.1, 0.15) is 27.9 Å². The van der Waals surface area contributed by atoms with E-state index in [1.54, 1.807) is 36.5 Å². The molecule has 0 saturated carbocycles. The van der Waals surface area contributed by atoms with E-state index < -0.39 is 0 Å².